The molecule has 3 aliphatic rings. The Morgan fingerprint density at radius 3 is 2.76 bits per heavy atom. The fourth-order valence-electron chi connectivity index (χ4n) is 3.83. The Hall–Kier alpha value is -1.85. The van der Waals surface area contributed by atoms with Gasteiger partial charge in [0, 0.05) is 18.9 Å². The standard InChI is InChI=1S/C15H21N3O3/c19-13(20)9-18-6-5-16-14(15(18)21)17-8-12-7-10-1-3-11(12)4-2-10/h5-6,10-12H,1-4,7-9H2,(H,16,17)(H,19,20). The van der Waals surface area contributed by atoms with Crippen LogP contribution in [0.5, 0.6) is 0 Å². The predicted octanol–water partition coefficient (Wildman–Crippen LogP) is 1.57. The molecule has 1 atom stereocenters. The number of hydrogen-bond acceptors (Lipinski definition) is 4. The molecule has 0 amide bonds. The van der Waals surface area contributed by atoms with Crippen LogP contribution in [-0.4, -0.2) is 27.2 Å². The van der Waals surface area contributed by atoms with E-state index in [0.717, 1.165) is 18.4 Å². The normalized spacial score (nSPS) is 27.5. The van der Waals surface area contributed by atoms with Crippen LogP contribution in [0.1, 0.15) is 32.1 Å². The minimum Gasteiger partial charge on any atom is -0.480 e. The van der Waals surface area contributed by atoms with Crippen molar-refractivity contribution in [1.29, 1.82) is 0 Å². The summed E-state index contributed by atoms with van der Waals surface area (Å²) in [7, 11) is 0. The second-order valence-corrected chi connectivity index (χ2v) is 6.26. The van der Waals surface area contributed by atoms with Crippen molar-refractivity contribution in [3.8, 4) is 0 Å². The van der Waals surface area contributed by atoms with Crippen LogP contribution in [0.2, 0.25) is 0 Å². The third kappa shape index (κ3) is 3.09. The largest absolute Gasteiger partial charge is 0.480 e. The summed E-state index contributed by atoms with van der Waals surface area (Å²) in [5.74, 6) is 1.48. The zero-order valence-electron chi connectivity index (χ0n) is 12.0. The fourth-order valence-corrected chi connectivity index (χ4v) is 3.83. The van der Waals surface area contributed by atoms with Gasteiger partial charge in [-0.15, -0.1) is 0 Å². The second kappa shape index (κ2) is 5.87. The second-order valence-electron chi connectivity index (χ2n) is 6.26. The Balaban J connectivity index is 1.65. The van der Waals surface area contributed by atoms with Gasteiger partial charge < -0.3 is 10.4 Å². The van der Waals surface area contributed by atoms with Gasteiger partial charge in [-0.1, -0.05) is 12.8 Å². The minimum absolute atomic E-state index is 0.264. The number of rotatable bonds is 5. The molecule has 3 fully saturated rings. The first kappa shape index (κ1) is 14.1. The summed E-state index contributed by atoms with van der Waals surface area (Å²) in [5.41, 5.74) is -0.360. The fraction of sp³-hybridized carbons (Fsp3) is 0.667. The summed E-state index contributed by atoms with van der Waals surface area (Å²) in [4.78, 5) is 26.9. The van der Waals surface area contributed by atoms with E-state index in [-0.39, 0.29) is 17.9 Å². The number of hydrogen-bond donors (Lipinski definition) is 2. The average Bonchev–Trinajstić information content (AvgIpc) is 2.49. The summed E-state index contributed by atoms with van der Waals surface area (Å²) in [6.07, 6.45) is 9.45. The Morgan fingerprint density at radius 1 is 1.38 bits per heavy atom. The van der Waals surface area contributed by atoms with Crippen LogP contribution in [0.25, 0.3) is 0 Å². The van der Waals surface area contributed by atoms with Crippen LogP contribution >= 0.6 is 0 Å². The van der Waals surface area contributed by atoms with Crippen molar-refractivity contribution >= 4 is 11.8 Å². The number of aromatic nitrogens is 2. The molecule has 3 aliphatic carbocycles. The topological polar surface area (TPSA) is 84.2 Å². The van der Waals surface area contributed by atoms with Crippen molar-refractivity contribution in [2.45, 2.75) is 38.6 Å². The molecule has 1 aromatic rings. The van der Waals surface area contributed by atoms with Crippen LogP contribution in [-0.2, 0) is 11.3 Å². The number of carbonyl (C=O) groups is 1. The van der Waals surface area contributed by atoms with Crippen molar-refractivity contribution in [1.82, 2.24) is 9.55 Å². The quantitative estimate of drug-likeness (QED) is 0.860. The van der Waals surface area contributed by atoms with Crippen molar-refractivity contribution in [2.75, 3.05) is 11.9 Å². The predicted molar refractivity (Wildman–Crippen MR) is 78.2 cm³/mol. The SMILES string of the molecule is O=C(O)Cn1ccnc(NCC2CC3CCC2CC3)c1=O. The highest BCUT2D eigenvalue weighted by atomic mass is 16.4. The molecule has 6 nitrogen and oxygen atoms in total. The van der Waals surface area contributed by atoms with Crippen LogP contribution in [0.3, 0.4) is 0 Å². The van der Waals surface area contributed by atoms with E-state index >= 15 is 0 Å². The Bertz CT molecular complexity index is 576. The van der Waals surface area contributed by atoms with Gasteiger partial charge in [-0.05, 0) is 37.0 Å². The van der Waals surface area contributed by atoms with E-state index in [1.165, 1.54) is 49.1 Å². The third-order valence-electron chi connectivity index (χ3n) is 4.95. The molecule has 1 unspecified atom stereocenters. The van der Waals surface area contributed by atoms with Crippen molar-refractivity contribution in [3.05, 3.63) is 22.7 Å². The number of fused-ring (bicyclic) bond motifs is 3. The summed E-state index contributed by atoms with van der Waals surface area (Å²) in [5, 5.41) is 11.9. The summed E-state index contributed by atoms with van der Waals surface area (Å²) >= 11 is 0. The molecule has 114 valence electrons. The first-order chi connectivity index (χ1) is 10.1. The number of nitrogens with zero attached hydrogens (tertiary/aromatic N) is 2. The van der Waals surface area contributed by atoms with E-state index in [4.69, 9.17) is 5.11 Å². The number of carboxylic acids is 1. The Morgan fingerprint density at radius 2 is 2.14 bits per heavy atom. The van der Waals surface area contributed by atoms with E-state index in [0.29, 0.717) is 5.92 Å². The van der Waals surface area contributed by atoms with Gasteiger partial charge >= 0.3 is 5.97 Å². The maximum absolute atomic E-state index is 12.1. The molecule has 0 aromatic carbocycles. The molecule has 2 N–H and O–H groups in total. The number of carboxylic acid groups (broad SMARTS) is 1. The lowest BCUT2D eigenvalue weighted by molar-refractivity contribution is -0.137. The first-order valence-corrected chi connectivity index (χ1v) is 7.64. The number of nitrogens with one attached hydrogen (secondary N) is 1. The van der Waals surface area contributed by atoms with Gasteiger partial charge in [0.05, 0.1) is 0 Å². The molecule has 0 radical (unpaired) electrons. The van der Waals surface area contributed by atoms with Gasteiger partial charge in [-0.2, -0.15) is 0 Å². The molecular formula is C15H21N3O3. The van der Waals surface area contributed by atoms with Gasteiger partial charge in [0.25, 0.3) is 5.56 Å². The maximum Gasteiger partial charge on any atom is 0.323 e. The highest BCUT2D eigenvalue weighted by molar-refractivity contribution is 5.66. The first-order valence-electron chi connectivity index (χ1n) is 7.64. The molecule has 6 heteroatoms. The molecule has 3 saturated carbocycles. The molecule has 4 rings (SSSR count). The molecule has 0 saturated heterocycles. The third-order valence-corrected chi connectivity index (χ3v) is 4.95. The maximum atomic E-state index is 12.1. The Labute approximate surface area is 123 Å². The Kier molecular flexibility index (Phi) is 3.94. The van der Waals surface area contributed by atoms with E-state index in [1.807, 2.05) is 0 Å². The average molecular weight is 291 g/mol. The van der Waals surface area contributed by atoms with E-state index in [9.17, 15) is 9.59 Å². The van der Waals surface area contributed by atoms with Crippen molar-refractivity contribution < 1.29 is 9.90 Å². The van der Waals surface area contributed by atoms with Gasteiger partial charge in [0.1, 0.15) is 6.54 Å². The lowest BCUT2D eigenvalue weighted by Crippen LogP contribution is -2.36. The smallest absolute Gasteiger partial charge is 0.323 e. The molecule has 0 spiro atoms. The van der Waals surface area contributed by atoms with Crippen LogP contribution in [0.15, 0.2) is 17.2 Å². The lowest BCUT2D eigenvalue weighted by Gasteiger charge is -2.42. The zero-order valence-corrected chi connectivity index (χ0v) is 12.0. The molecule has 0 aliphatic heterocycles. The molecule has 1 heterocycles. The monoisotopic (exact) mass is 291 g/mol. The summed E-state index contributed by atoms with van der Waals surface area (Å²) < 4.78 is 1.17. The van der Waals surface area contributed by atoms with Gasteiger partial charge in [0.15, 0.2) is 5.82 Å². The van der Waals surface area contributed by atoms with Crippen LogP contribution < -0.4 is 10.9 Å². The zero-order chi connectivity index (χ0) is 14.8. The van der Waals surface area contributed by atoms with Gasteiger partial charge in [0.2, 0.25) is 0 Å². The highest BCUT2D eigenvalue weighted by Crippen LogP contribution is 2.44. The summed E-state index contributed by atoms with van der Waals surface area (Å²) in [6, 6.07) is 0. The number of anilines is 1. The number of aliphatic carboxylic acids is 1. The van der Waals surface area contributed by atoms with Crippen LogP contribution in [0, 0.1) is 17.8 Å². The van der Waals surface area contributed by atoms with E-state index < -0.39 is 5.97 Å². The minimum atomic E-state index is -1.03. The lowest BCUT2D eigenvalue weighted by atomic mass is 9.65. The molecule has 21 heavy (non-hydrogen) atoms. The van der Waals surface area contributed by atoms with Crippen molar-refractivity contribution in [3.63, 3.8) is 0 Å². The molecule has 2 bridgehead atoms. The van der Waals surface area contributed by atoms with E-state index in [1.54, 1.807) is 0 Å². The van der Waals surface area contributed by atoms with E-state index in [2.05, 4.69) is 10.3 Å². The van der Waals surface area contributed by atoms with Gasteiger partial charge in [-0.25, -0.2) is 4.98 Å². The highest BCUT2D eigenvalue weighted by Gasteiger charge is 2.35. The van der Waals surface area contributed by atoms with Gasteiger partial charge in [-0.3, -0.25) is 14.2 Å². The molecular weight excluding hydrogens is 270 g/mol. The summed E-state index contributed by atoms with van der Waals surface area (Å²) in [6.45, 7) is 0.435. The van der Waals surface area contributed by atoms with Crippen molar-refractivity contribution in [2.24, 2.45) is 17.8 Å². The molecule has 1 aromatic heterocycles. The van der Waals surface area contributed by atoms with Crippen LogP contribution in [0.4, 0.5) is 5.82 Å².